The Morgan fingerprint density at radius 3 is 1.00 bits per heavy atom. The van der Waals surface area contributed by atoms with Gasteiger partial charge >= 0.3 is 75.5 Å². The first-order chi connectivity index (χ1) is 2.83. The molecule has 0 unspecified atom stereocenters. The van der Waals surface area contributed by atoms with E-state index in [-0.39, 0.29) is 94.1 Å². The van der Waals surface area contributed by atoms with Crippen LogP contribution in [0, 0.1) is 0 Å². The van der Waals surface area contributed by atoms with Gasteiger partial charge in [-0.05, 0) is 0 Å². The standard InChI is InChI=1S/2CH2O2.2Ca.4H/c2*2-1-3;;;;;;/h2*1H,(H,2,3);;;;;;/q;;2*+2;4*-1. The van der Waals surface area contributed by atoms with E-state index >= 15 is 0 Å². The molecule has 6 heteroatoms. The molecule has 0 bridgehead atoms. The number of hydrogen-bond donors (Lipinski definition) is 2. The Morgan fingerprint density at radius 2 is 1.00 bits per heavy atom. The van der Waals surface area contributed by atoms with Crippen LogP contribution in [0.2, 0.25) is 0 Å². The van der Waals surface area contributed by atoms with Crippen LogP contribution in [-0.2, 0) is 9.59 Å². The van der Waals surface area contributed by atoms with Crippen molar-refractivity contribution in [3.05, 3.63) is 0 Å². The van der Waals surface area contributed by atoms with Crippen LogP contribution in [0.5, 0.6) is 0 Å². The summed E-state index contributed by atoms with van der Waals surface area (Å²) in [7, 11) is 0. The zero-order valence-corrected chi connectivity index (χ0v) is 8.70. The average molecular weight is 176 g/mol. The van der Waals surface area contributed by atoms with Crippen LogP contribution in [0.3, 0.4) is 0 Å². The Bertz CT molecular complexity index is 44.0. The van der Waals surface area contributed by atoms with Crippen molar-refractivity contribution in [3.63, 3.8) is 0 Å². The van der Waals surface area contributed by atoms with Crippen LogP contribution >= 0.6 is 0 Å². The quantitative estimate of drug-likeness (QED) is 0.370. The van der Waals surface area contributed by atoms with Gasteiger partial charge in [0.2, 0.25) is 0 Å². The summed E-state index contributed by atoms with van der Waals surface area (Å²) in [6.07, 6.45) is 0. The van der Waals surface area contributed by atoms with E-state index in [0.29, 0.717) is 0 Å². The molecular formula is C2H8Ca2O4. The van der Waals surface area contributed by atoms with Crippen molar-refractivity contribution in [2.75, 3.05) is 0 Å². The smallest absolute Gasteiger partial charge is 1.00 e. The SMILES string of the molecule is O=CO.O=CO.[Ca+2].[Ca+2].[H-].[H-].[H-].[H-]. The molecule has 0 saturated heterocycles. The van der Waals surface area contributed by atoms with E-state index in [2.05, 4.69) is 0 Å². The van der Waals surface area contributed by atoms with Gasteiger partial charge in [-0.3, -0.25) is 9.59 Å². The Kier molecular flexibility index (Phi) is 112. The third kappa shape index (κ3) is 146. The van der Waals surface area contributed by atoms with E-state index in [1.165, 1.54) is 0 Å². The van der Waals surface area contributed by atoms with Gasteiger partial charge in [-0.2, -0.15) is 0 Å². The van der Waals surface area contributed by atoms with Crippen LogP contribution in [0.1, 0.15) is 5.71 Å². The molecule has 0 spiro atoms. The van der Waals surface area contributed by atoms with E-state index in [9.17, 15) is 0 Å². The first-order valence-corrected chi connectivity index (χ1v) is 0.988. The second kappa shape index (κ2) is 39.3. The fourth-order valence-corrected chi connectivity index (χ4v) is 0. The summed E-state index contributed by atoms with van der Waals surface area (Å²) in [5, 5.41) is 13.8. The summed E-state index contributed by atoms with van der Waals surface area (Å²) in [6, 6.07) is 0. The zero-order chi connectivity index (χ0) is 5.41. The molecule has 0 heterocycles. The first kappa shape index (κ1) is 22.7. The van der Waals surface area contributed by atoms with Gasteiger partial charge in [0.25, 0.3) is 12.9 Å². The minimum atomic E-state index is -0.250. The molecule has 0 aliphatic rings. The Labute approximate surface area is 112 Å². The third-order valence-corrected chi connectivity index (χ3v) is 0. The van der Waals surface area contributed by atoms with Gasteiger partial charge in [0, 0.05) is 0 Å². The van der Waals surface area contributed by atoms with Crippen LogP contribution in [0.4, 0.5) is 0 Å². The van der Waals surface area contributed by atoms with Gasteiger partial charge in [0.1, 0.15) is 0 Å². The monoisotopic (exact) mass is 176 g/mol. The predicted octanol–water partition coefficient (Wildman–Crippen LogP) is -0.910. The van der Waals surface area contributed by atoms with Crippen molar-refractivity contribution in [1.82, 2.24) is 0 Å². The topological polar surface area (TPSA) is 74.6 Å². The number of hydrogen-bond acceptors (Lipinski definition) is 2. The van der Waals surface area contributed by atoms with Gasteiger partial charge in [-0.25, -0.2) is 0 Å². The number of rotatable bonds is 0. The summed E-state index contributed by atoms with van der Waals surface area (Å²) in [4.78, 5) is 16.7. The Balaban J connectivity index is -0.00000000296. The van der Waals surface area contributed by atoms with Crippen LogP contribution < -0.4 is 0 Å². The molecule has 0 aromatic heterocycles. The van der Waals surface area contributed by atoms with Gasteiger partial charge in [-0.1, -0.05) is 0 Å². The molecule has 8 heavy (non-hydrogen) atoms. The van der Waals surface area contributed by atoms with Crippen LogP contribution in [0.25, 0.3) is 0 Å². The molecule has 0 aromatic carbocycles. The van der Waals surface area contributed by atoms with Crippen LogP contribution in [0.15, 0.2) is 0 Å². The molecular weight excluding hydrogens is 168 g/mol. The van der Waals surface area contributed by atoms with Crippen LogP contribution in [-0.4, -0.2) is 98.6 Å². The number of carbonyl (C=O) groups is 2. The van der Waals surface area contributed by atoms with Crippen molar-refractivity contribution in [2.45, 2.75) is 0 Å². The molecule has 0 aliphatic carbocycles. The van der Waals surface area contributed by atoms with E-state index < -0.39 is 0 Å². The Morgan fingerprint density at radius 1 is 1.00 bits per heavy atom. The van der Waals surface area contributed by atoms with Gasteiger partial charge < -0.3 is 15.9 Å². The Hall–Kier alpha value is 1.46. The normalized spacial score (nSPS) is 3.00. The second-order valence-electron chi connectivity index (χ2n) is 0.211. The van der Waals surface area contributed by atoms with Crippen molar-refractivity contribution in [2.24, 2.45) is 0 Å². The van der Waals surface area contributed by atoms with Crippen molar-refractivity contribution in [1.29, 1.82) is 0 Å². The fraction of sp³-hybridized carbons (Fsp3) is 0. The van der Waals surface area contributed by atoms with Gasteiger partial charge in [0.15, 0.2) is 0 Å². The fourth-order valence-electron chi connectivity index (χ4n) is 0. The van der Waals surface area contributed by atoms with E-state index in [0.717, 1.165) is 0 Å². The predicted molar refractivity (Wildman–Crippen MR) is 33.3 cm³/mol. The maximum Gasteiger partial charge on any atom is 2.00 e. The molecule has 0 atom stereocenters. The molecule has 0 saturated carbocycles. The van der Waals surface area contributed by atoms with E-state index in [1.807, 2.05) is 0 Å². The summed E-state index contributed by atoms with van der Waals surface area (Å²) in [5.41, 5.74) is 0. The summed E-state index contributed by atoms with van der Waals surface area (Å²) < 4.78 is 0. The summed E-state index contributed by atoms with van der Waals surface area (Å²) >= 11 is 0. The van der Waals surface area contributed by atoms with Crippen molar-refractivity contribution >= 4 is 88.4 Å². The molecule has 44 valence electrons. The largest absolute Gasteiger partial charge is 2.00 e. The molecule has 0 aromatic rings. The minimum absolute atomic E-state index is 0. The molecule has 0 aliphatic heterocycles. The van der Waals surface area contributed by atoms with E-state index in [4.69, 9.17) is 19.8 Å². The molecule has 0 rings (SSSR count). The second-order valence-corrected chi connectivity index (χ2v) is 0.211. The summed E-state index contributed by atoms with van der Waals surface area (Å²) in [6.45, 7) is -0.500. The van der Waals surface area contributed by atoms with Gasteiger partial charge in [0.05, 0.1) is 0 Å². The molecule has 0 fully saturated rings. The zero-order valence-electron chi connectivity index (χ0n) is 8.28. The van der Waals surface area contributed by atoms with E-state index in [1.54, 1.807) is 0 Å². The van der Waals surface area contributed by atoms with Crippen molar-refractivity contribution < 1.29 is 25.5 Å². The van der Waals surface area contributed by atoms with Crippen molar-refractivity contribution in [3.8, 4) is 0 Å². The molecule has 0 radical (unpaired) electrons. The third-order valence-electron chi connectivity index (χ3n) is 0. The maximum absolute atomic E-state index is 8.36. The average Bonchev–Trinajstić information content (AvgIpc) is 1.39. The molecule has 2 N–H and O–H groups in total. The minimum Gasteiger partial charge on any atom is -1.00 e. The molecule has 0 amide bonds. The number of carboxylic acid groups (broad SMARTS) is 2. The maximum atomic E-state index is 8.36. The molecule has 4 nitrogen and oxygen atoms in total. The summed E-state index contributed by atoms with van der Waals surface area (Å²) in [5.74, 6) is 0. The van der Waals surface area contributed by atoms with Gasteiger partial charge in [-0.15, -0.1) is 0 Å². The first-order valence-electron chi connectivity index (χ1n) is 0.988.